The number of aryl methyl sites for hydroxylation is 1. The lowest BCUT2D eigenvalue weighted by atomic mass is 9.96. The van der Waals surface area contributed by atoms with Gasteiger partial charge in [-0.2, -0.15) is 5.10 Å². The Hall–Kier alpha value is -1.88. The number of benzene rings is 1. The minimum atomic E-state index is -0.472. The minimum absolute atomic E-state index is 0.112. The molecule has 2 saturated heterocycles. The molecule has 4 rings (SSSR count). The van der Waals surface area contributed by atoms with E-state index >= 15 is 0 Å². The monoisotopic (exact) mass is 347 g/mol. The van der Waals surface area contributed by atoms with Gasteiger partial charge in [0.1, 0.15) is 5.82 Å². The molecule has 0 N–H and O–H groups in total. The maximum absolute atomic E-state index is 13.6. The van der Waals surface area contributed by atoms with Crippen molar-refractivity contribution in [2.75, 3.05) is 0 Å². The fraction of sp³-hybridized carbons (Fsp3) is 0.444. The number of hydrogen-bond donors (Lipinski definition) is 0. The summed E-state index contributed by atoms with van der Waals surface area (Å²) in [5.41, 5.74) is 1.49. The van der Waals surface area contributed by atoms with Crippen molar-refractivity contribution < 1.29 is 9.18 Å². The van der Waals surface area contributed by atoms with Crippen LogP contribution in [-0.4, -0.2) is 32.7 Å². The van der Waals surface area contributed by atoms with Gasteiger partial charge in [0, 0.05) is 28.9 Å². The highest BCUT2D eigenvalue weighted by atomic mass is 35.5. The summed E-state index contributed by atoms with van der Waals surface area (Å²) < 4.78 is 15.6. The van der Waals surface area contributed by atoms with Gasteiger partial charge in [-0.3, -0.25) is 9.48 Å². The Bertz CT molecular complexity index is 756. The van der Waals surface area contributed by atoms with Crippen molar-refractivity contribution in [1.82, 2.24) is 14.7 Å². The van der Waals surface area contributed by atoms with Crippen LogP contribution in [0, 0.1) is 12.7 Å². The third kappa shape index (κ3) is 2.71. The lowest BCUT2D eigenvalue weighted by Crippen LogP contribution is -2.47. The van der Waals surface area contributed by atoms with E-state index in [1.807, 2.05) is 22.7 Å². The third-order valence-corrected chi connectivity index (χ3v) is 5.38. The van der Waals surface area contributed by atoms with Crippen LogP contribution in [0.25, 0.3) is 0 Å². The Morgan fingerprint density at radius 3 is 2.50 bits per heavy atom. The standard InChI is InChI=1S/C18H19ClFN3O/c1-11-9-21-22(10-11)17-7-15-2-3-16(8-17)23(15)18(24)12-4-13(19)6-14(20)5-12/h4-6,9-10,15-17H,2-3,7-8H2,1H3. The van der Waals surface area contributed by atoms with E-state index in [4.69, 9.17) is 11.6 Å². The molecule has 24 heavy (non-hydrogen) atoms. The quantitative estimate of drug-likeness (QED) is 0.823. The molecule has 0 saturated carbocycles. The van der Waals surface area contributed by atoms with Crippen molar-refractivity contribution >= 4 is 17.5 Å². The summed E-state index contributed by atoms with van der Waals surface area (Å²) in [6, 6.07) is 4.75. The average Bonchev–Trinajstić information content (AvgIpc) is 3.07. The van der Waals surface area contributed by atoms with Gasteiger partial charge in [-0.15, -0.1) is 0 Å². The highest BCUT2D eigenvalue weighted by molar-refractivity contribution is 6.31. The summed E-state index contributed by atoms with van der Waals surface area (Å²) in [5.74, 6) is -0.584. The van der Waals surface area contributed by atoms with Crippen molar-refractivity contribution in [1.29, 1.82) is 0 Å². The van der Waals surface area contributed by atoms with Crippen molar-refractivity contribution in [2.45, 2.75) is 50.7 Å². The van der Waals surface area contributed by atoms with E-state index in [9.17, 15) is 9.18 Å². The Labute approximate surface area is 145 Å². The zero-order chi connectivity index (χ0) is 16.8. The van der Waals surface area contributed by atoms with Gasteiger partial charge in [-0.1, -0.05) is 11.6 Å². The lowest BCUT2D eigenvalue weighted by Gasteiger charge is -2.39. The predicted octanol–water partition coefficient (Wildman–Crippen LogP) is 3.99. The van der Waals surface area contributed by atoms with Crippen molar-refractivity contribution in [2.24, 2.45) is 0 Å². The number of amides is 1. The number of aromatic nitrogens is 2. The maximum atomic E-state index is 13.6. The summed E-state index contributed by atoms with van der Waals surface area (Å²) >= 11 is 5.90. The van der Waals surface area contributed by atoms with Gasteiger partial charge in [0.15, 0.2) is 0 Å². The van der Waals surface area contributed by atoms with Crippen molar-refractivity contribution in [3.8, 4) is 0 Å². The SMILES string of the molecule is Cc1cnn(C2CC3CCC(C2)N3C(=O)c2cc(F)cc(Cl)c2)c1. The zero-order valence-corrected chi connectivity index (χ0v) is 14.2. The predicted molar refractivity (Wildman–Crippen MR) is 89.6 cm³/mol. The second kappa shape index (κ2) is 5.88. The molecule has 1 aromatic carbocycles. The number of carbonyl (C=O) groups excluding carboxylic acids is 1. The number of hydrogen-bond acceptors (Lipinski definition) is 2. The Kier molecular flexibility index (Phi) is 3.83. The number of piperidine rings is 1. The molecule has 1 amide bonds. The molecule has 3 heterocycles. The summed E-state index contributed by atoms with van der Waals surface area (Å²) in [6.07, 6.45) is 7.72. The van der Waals surface area contributed by atoms with Crippen LogP contribution < -0.4 is 0 Å². The number of halogens is 2. The number of rotatable bonds is 2. The Morgan fingerprint density at radius 2 is 1.92 bits per heavy atom. The molecule has 2 aromatic rings. The molecule has 2 bridgehead atoms. The maximum Gasteiger partial charge on any atom is 0.254 e. The topological polar surface area (TPSA) is 38.1 Å². The fourth-order valence-corrected chi connectivity index (χ4v) is 4.38. The first kappa shape index (κ1) is 15.6. The Balaban J connectivity index is 1.57. The summed E-state index contributed by atoms with van der Waals surface area (Å²) in [4.78, 5) is 14.8. The zero-order valence-electron chi connectivity index (χ0n) is 13.5. The molecule has 4 nitrogen and oxygen atoms in total. The van der Waals surface area contributed by atoms with E-state index in [2.05, 4.69) is 11.3 Å². The number of fused-ring (bicyclic) bond motifs is 2. The first-order chi connectivity index (χ1) is 11.5. The molecular weight excluding hydrogens is 329 g/mol. The van der Waals surface area contributed by atoms with Crippen LogP contribution in [0.15, 0.2) is 30.6 Å². The number of carbonyl (C=O) groups is 1. The van der Waals surface area contributed by atoms with Crippen LogP contribution >= 0.6 is 11.6 Å². The highest BCUT2D eigenvalue weighted by Gasteiger charge is 2.44. The van der Waals surface area contributed by atoms with Gasteiger partial charge in [0.2, 0.25) is 0 Å². The third-order valence-electron chi connectivity index (χ3n) is 5.16. The second-order valence-corrected chi connectivity index (χ2v) is 7.31. The largest absolute Gasteiger partial charge is 0.333 e. The molecule has 6 heteroatoms. The van der Waals surface area contributed by atoms with Crippen LogP contribution in [0.1, 0.15) is 47.6 Å². The van der Waals surface area contributed by atoms with Gasteiger partial charge in [-0.05, 0) is 56.4 Å². The van der Waals surface area contributed by atoms with E-state index in [1.54, 1.807) is 6.07 Å². The molecule has 2 aliphatic rings. The molecule has 2 unspecified atom stereocenters. The van der Waals surface area contributed by atoms with Gasteiger partial charge in [-0.25, -0.2) is 4.39 Å². The Morgan fingerprint density at radius 1 is 1.21 bits per heavy atom. The van der Waals surface area contributed by atoms with Gasteiger partial charge in [0.05, 0.1) is 12.2 Å². The van der Waals surface area contributed by atoms with Crippen LogP contribution in [0.4, 0.5) is 4.39 Å². The lowest BCUT2D eigenvalue weighted by molar-refractivity contribution is 0.0523. The van der Waals surface area contributed by atoms with Crippen LogP contribution in [0.2, 0.25) is 5.02 Å². The molecule has 126 valence electrons. The van der Waals surface area contributed by atoms with E-state index in [-0.39, 0.29) is 23.0 Å². The normalized spacial score (nSPS) is 26.0. The molecule has 0 aliphatic carbocycles. The minimum Gasteiger partial charge on any atom is -0.333 e. The molecule has 2 fully saturated rings. The molecular formula is C18H19ClFN3O. The fourth-order valence-electron chi connectivity index (χ4n) is 4.16. The molecule has 1 aromatic heterocycles. The smallest absolute Gasteiger partial charge is 0.254 e. The molecule has 2 aliphatic heterocycles. The van der Waals surface area contributed by atoms with Crippen LogP contribution in [0.3, 0.4) is 0 Å². The van der Waals surface area contributed by atoms with E-state index in [0.717, 1.165) is 31.2 Å². The summed E-state index contributed by atoms with van der Waals surface area (Å²) in [6.45, 7) is 2.03. The first-order valence-electron chi connectivity index (χ1n) is 8.31. The van der Waals surface area contributed by atoms with Gasteiger partial charge >= 0.3 is 0 Å². The van der Waals surface area contributed by atoms with E-state index < -0.39 is 5.82 Å². The van der Waals surface area contributed by atoms with Crippen LogP contribution in [0.5, 0.6) is 0 Å². The summed E-state index contributed by atoms with van der Waals surface area (Å²) in [7, 11) is 0. The van der Waals surface area contributed by atoms with Crippen molar-refractivity contribution in [3.05, 3.63) is 52.6 Å². The molecule has 0 spiro atoms. The number of nitrogens with zero attached hydrogens (tertiary/aromatic N) is 3. The van der Waals surface area contributed by atoms with Gasteiger partial charge < -0.3 is 4.90 Å². The molecule has 0 radical (unpaired) electrons. The summed E-state index contributed by atoms with van der Waals surface area (Å²) in [5, 5.41) is 4.69. The van der Waals surface area contributed by atoms with E-state index in [0.29, 0.717) is 11.6 Å². The first-order valence-corrected chi connectivity index (χ1v) is 8.68. The van der Waals surface area contributed by atoms with Crippen LogP contribution in [-0.2, 0) is 0 Å². The van der Waals surface area contributed by atoms with Gasteiger partial charge in [0.25, 0.3) is 5.91 Å². The average molecular weight is 348 g/mol. The highest BCUT2D eigenvalue weighted by Crippen LogP contribution is 2.41. The second-order valence-electron chi connectivity index (χ2n) is 6.88. The van der Waals surface area contributed by atoms with E-state index in [1.165, 1.54) is 12.1 Å². The van der Waals surface area contributed by atoms with Crippen molar-refractivity contribution in [3.63, 3.8) is 0 Å². The molecule has 2 atom stereocenters.